The Labute approximate surface area is 115 Å². The minimum absolute atomic E-state index is 0.00611. The Morgan fingerprint density at radius 2 is 2.16 bits per heavy atom. The van der Waals surface area contributed by atoms with E-state index < -0.39 is 23.0 Å². The van der Waals surface area contributed by atoms with E-state index in [1.54, 1.807) is 0 Å². The number of carbonyl (C=O) groups is 1. The third-order valence-electron chi connectivity index (χ3n) is 2.40. The molecule has 8 heteroatoms. The highest BCUT2D eigenvalue weighted by molar-refractivity contribution is 9.10. The summed E-state index contributed by atoms with van der Waals surface area (Å²) in [4.78, 5) is 12.0. The van der Waals surface area contributed by atoms with Gasteiger partial charge in [-0.15, -0.1) is 5.10 Å². The van der Waals surface area contributed by atoms with E-state index in [9.17, 15) is 13.6 Å². The molecule has 0 unspecified atom stereocenters. The number of nitrogens with two attached hydrogens (primary N) is 1. The van der Waals surface area contributed by atoms with Crippen molar-refractivity contribution >= 4 is 21.7 Å². The summed E-state index contributed by atoms with van der Waals surface area (Å²) in [6, 6.07) is 2.19. The molecule has 0 aliphatic rings. The van der Waals surface area contributed by atoms with Crippen molar-refractivity contribution in [3.63, 3.8) is 0 Å². The zero-order valence-electron chi connectivity index (χ0n) is 9.61. The maximum Gasteiger partial charge on any atom is 0.220 e. The molecule has 0 saturated carbocycles. The van der Waals surface area contributed by atoms with Crippen molar-refractivity contribution in [3.8, 4) is 0 Å². The molecule has 0 aliphatic carbocycles. The minimum Gasteiger partial charge on any atom is -0.329 e. The Hall–Kier alpha value is -1.67. The second-order valence-corrected chi connectivity index (χ2v) is 4.56. The van der Waals surface area contributed by atoms with E-state index in [4.69, 9.17) is 5.73 Å². The number of halogens is 3. The molecule has 5 nitrogen and oxygen atoms in total. The standard InChI is InChI=1S/C11H9BrF2N4O/c12-6-1-2-7(13)9(10(6)14)11(19)8-5-18(4-3-15)17-16-8/h1-2,5H,3-4,15H2. The molecule has 2 N–H and O–H groups in total. The molecule has 1 aromatic carbocycles. The summed E-state index contributed by atoms with van der Waals surface area (Å²) in [6.07, 6.45) is 1.30. The molecule has 0 amide bonds. The van der Waals surface area contributed by atoms with Crippen LogP contribution in [0.3, 0.4) is 0 Å². The molecule has 0 bridgehead atoms. The monoisotopic (exact) mass is 330 g/mol. The second kappa shape index (κ2) is 5.54. The lowest BCUT2D eigenvalue weighted by Crippen LogP contribution is -2.10. The largest absolute Gasteiger partial charge is 0.329 e. The molecule has 1 aromatic heterocycles. The highest BCUT2D eigenvalue weighted by Crippen LogP contribution is 2.23. The van der Waals surface area contributed by atoms with Gasteiger partial charge < -0.3 is 5.73 Å². The van der Waals surface area contributed by atoms with Crippen LogP contribution in [-0.2, 0) is 6.54 Å². The Bertz CT molecular complexity index is 629. The average molecular weight is 331 g/mol. The Morgan fingerprint density at radius 1 is 1.42 bits per heavy atom. The molecule has 0 aliphatic heterocycles. The second-order valence-electron chi connectivity index (χ2n) is 3.70. The molecule has 0 saturated heterocycles. The van der Waals surface area contributed by atoms with Gasteiger partial charge in [0.1, 0.15) is 5.82 Å². The van der Waals surface area contributed by atoms with Gasteiger partial charge in [0.15, 0.2) is 11.5 Å². The number of hydrogen-bond acceptors (Lipinski definition) is 4. The Balaban J connectivity index is 2.41. The van der Waals surface area contributed by atoms with Crippen LogP contribution < -0.4 is 5.73 Å². The predicted octanol–water partition coefficient (Wildman–Crippen LogP) is 1.51. The van der Waals surface area contributed by atoms with E-state index in [1.165, 1.54) is 16.9 Å². The summed E-state index contributed by atoms with van der Waals surface area (Å²) >= 11 is 2.90. The van der Waals surface area contributed by atoms with Gasteiger partial charge in [0, 0.05) is 6.54 Å². The van der Waals surface area contributed by atoms with Crippen LogP contribution in [0.1, 0.15) is 16.1 Å². The van der Waals surface area contributed by atoms with Gasteiger partial charge in [-0.05, 0) is 28.1 Å². The summed E-state index contributed by atoms with van der Waals surface area (Å²) in [5.41, 5.74) is 4.53. The summed E-state index contributed by atoms with van der Waals surface area (Å²) in [5.74, 6) is -2.77. The maximum atomic E-state index is 13.8. The lowest BCUT2D eigenvalue weighted by Gasteiger charge is -2.03. The summed E-state index contributed by atoms with van der Waals surface area (Å²) in [6.45, 7) is 0.681. The third kappa shape index (κ3) is 2.69. The van der Waals surface area contributed by atoms with E-state index in [2.05, 4.69) is 26.2 Å². The topological polar surface area (TPSA) is 73.8 Å². The normalized spacial score (nSPS) is 10.7. The van der Waals surface area contributed by atoms with Crippen molar-refractivity contribution in [2.45, 2.75) is 6.54 Å². The average Bonchev–Trinajstić information content (AvgIpc) is 2.83. The fraction of sp³-hybridized carbons (Fsp3) is 0.182. The predicted molar refractivity (Wildman–Crippen MR) is 66.6 cm³/mol. The summed E-state index contributed by atoms with van der Waals surface area (Å²) < 4.78 is 28.7. The van der Waals surface area contributed by atoms with Crippen LogP contribution in [-0.4, -0.2) is 27.3 Å². The summed E-state index contributed by atoms with van der Waals surface area (Å²) in [7, 11) is 0. The fourth-order valence-electron chi connectivity index (χ4n) is 1.51. The van der Waals surface area contributed by atoms with E-state index in [0.29, 0.717) is 13.1 Å². The smallest absolute Gasteiger partial charge is 0.220 e. The molecular formula is C11H9BrF2N4O. The lowest BCUT2D eigenvalue weighted by molar-refractivity contribution is 0.102. The van der Waals surface area contributed by atoms with Crippen molar-refractivity contribution in [3.05, 3.63) is 45.7 Å². The van der Waals surface area contributed by atoms with Crippen molar-refractivity contribution in [1.82, 2.24) is 15.0 Å². The first-order chi connectivity index (χ1) is 9.04. The molecule has 2 aromatic rings. The number of hydrogen-bond donors (Lipinski definition) is 1. The zero-order valence-corrected chi connectivity index (χ0v) is 11.2. The SMILES string of the molecule is NCCn1cc(C(=O)c2c(F)ccc(Br)c2F)nn1. The van der Waals surface area contributed by atoms with Crippen molar-refractivity contribution in [1.29, 1.82) is 0 Å². The zero-order chi connectivity index (χ0) is 14.0. The van der Waals surface area contributed by atoms with Crippen molar-refractivity contribution in [2.75, 3.05) is 6.54 Å². The van der Waals surface area contributed by atoms with Crippen molar-refractivity contribution < 1.29 is 13.6 Å². The first kappa shape index (κ1) is 13.8. The van der Waals surface area contributed by atoms with Gasteiger partial charge >= 0.3 is 0 Å². The van der Waals surface area contributed by atoms with Crippen LogP contribution >= 0.6 is 15.9 Å². The van der Waals surface area contributed by atoms with Crippen molar-refractivity contribution in [2.24, 2.45) is 5.73 Å². The third-order valence-corrected chi connectivity index (χ3v) is 3.01. The Kier molecular flexibility index (Phi) is 4.01. The number of benzene rings is 1. The molecule has 0 atom stereocenters. The molecular weight excluding hydrogens is 322 g/mol. The van der Waals surface area contributed by atoms with Crippen LogP contribution in [0, 0.1) is 11.6 Å². The van der Waals surface area contributed by atoms with Gasteiger partial charge in [-0.3, -0.25) is 9.48 Å². The molecule has 0 fully saturated rings. The highest BCUT2D eigenvalue weighted by Gasteiger charge is 2.23. The number of nitrogens with zero attached hydrogens (tertiary/aromatic N) is 3. The van der Waals surface area contributed by atoms with Crippen LogP contribution in [0.2, 0.25) is 0 Å². The quantitative estimate of drug-likeness (QED) is 0.681. The molecule has 100 valence electrons. The summed E-state index contributed by atoms with van der Waals surface area (Å²) in [5, 5.41) is 7.23. The van der Waals surface area contributed by atoms with E-state index in [0.717, 1.165) is 6.07 Å². The van der Waals surface area contributed by atoms with Crippen LogP contribution in [0.4, 0.5) is 8.78 Å². The fourth-order valence-corrected chi connectivity index (χ4v) is 1.84. The maximum absolute atomic E-state index is 13.8. The van der Waals surface area contributed by atoms with E-state index in [-0.39, 0.29) is 10.2 Å². The van der Waals surface area contributed by atoms with Gasteiger partial charge in [0.2, 0.25) is 5.78 Å². The first-order valence-electron chi connectivity index (χ1n) is 5.33. The number of rotatable bonds is 4. The van der Waals surface area contributed by atoms with Crippen LogP contribution in [0.15, 0.2) is 22.8 Å². The van der Waals surface area contributed by atoms with Gasteiger partial charge in [0.05, 0.1) is 22.8 Å². The van der Waals surface area contributed by atoms with Gasteiger partial charge in [-0.1, -0.05) is 5.21 Å². The molecule has 2 rings (SSSR count). The molecule has 0 spiro atoms. The van der Waals surface area contributed by atoms with E-state index >= 15 is 0 Å². The molecule has 1 heterocycles. The van der Waals surface area contributed by atoms with Gasteiger partial charge in [-0.25, -0.2) is 8.78 Å². The lowest BCUT2D eigenvalue weighted by atomic mass is 10.1. The van der Waals surface area contributed by atoms with Gasteiger partial charge in [-0.2, -0.15) is 0 Å². The number of ketones is 1. The highest BCUT2D eigenvalue weighted by atomic mass is 79.9. The van der Waals surface area contributed by atoms with Crippen LogP contribution in [0.5, 0.6) is 0 Å². The number of carbonyl (C=O) groups excluding carboxylic acids is 1. The minimum atomic E-state index is -0.960. The molecule has 19 heavy (non-hydrogen) atoms. The first-order valence-corrected chi connectivity index (χ1v) is 6.12. The van der Waals surface area contributed by atoms with Gasteiger partial charge in [0.25, 0.3) is 0 Å². The Morgan fingerprint density at radius 3 is 2.84 bits per heavy atom. The number of aromatic nitrogens is 3. The van der Waals surface area contributed by atoms with E-state index in [1.807, 2.05) is 0 Å². The van der Waals surface area contributed by atoms with Crippen LogP contribution in [0.25, 0.3) is 0 Å². The molecule has 0 radical (unpaired) electrons.